The van der Waals surface area contributed by atoms with E-state index in [1.54, 1.807) is 12.1 Å². The van der Waals surface area contributed by atoms with Gasteiger partial charge in [-0.2, -0.15) is 0 Å². The van der Waals surface area contributed by atoms with Crippen LogP contribution in [0.3, 0.4) is 0 Å². The van der Waals surface area contributed by atoms with Gasteiger partial charge in [0.25, 0.3) is 0 Å². The van der Waals surface area contributed by atoms with Gasteiger partial charge in [-0.1, -0.05) is 66.7 Å². The summed E-state index contributed by atoms with van der Waals surface area (Å²) in [5, 5.41) is 10.0. The molecule has 0 radical (unpaired) electrons. The monoisotopic (exact) mass is 346 g/mol. The Morgan fingerprint density at radius 3 is 2.35 bits per heavy atom. The van der Waals surface area contributed by atoms with Gasteiger partial charge in [0.1, 0.15) is 17.1 Å². The van der Waals surface area contributed by atoms with Crippen LogP contribution < -0.4 is 4.74 Å². The average molecular weight is 346 g/mol. The molecule has 1 aliphatic heterocycles. The molecule has 0 saturated heterocycles. The van der Waals surface area contributed by atoms with Gasteiger partial charge < -0.3 is 14.6 Å². The lowest BCUT2D eigenvalue weighted by atomic mass is 9.92. The molecule has 1 N–H and O–H groups in total. The summed E-state index contributed by atoms with van der Waals surface area (Å²) in [6, 6.07) is 24.0. The third kappa shape index (κ3) is 2.95. The molecular weight excluding hydrogens is 328 g/mol. The van der Waals surface area contributed by atoms with E-state index in [2.05, 4.69) is 0 Å². The number of Topliss-reactive ketones (excluding diaryl/α,β-unsaturated/α-hetero) is 1. The molecule has 0 fully saturated rings. The predicted molar refractivity (Wildman–Crippen MR) is 97.0 cm³/mol. The summed E-state index contributed by atoms with van der Waals surface area (Å²) in [7, 11) is 0. The van der Waals surface area contributed by atoms with Gasteiger partial charge in [0.05, 0.1) is 13.0 Å². The number of ether oxygens (including phenoxy) is 2. The number of carbonyl (C=O) groups excluding carboxylic acids is 1. The van der Waals surface area contributed by atoms with E-state index in [9.17, 15) is 9.90 Å². The molecule has 0 aromatic heterocycles. The largest absolute Gasteiger partial charge is 0.507 e. The van der Waals surface area contributed by atoms with Crippen LogP contribution in [0.2, 0.25) is 0 Å². The standard InChI is InChI=1S/C22H18O4/c23-18-12-7-13-20-21(18)19(24)14-22(26-20,17-10-5-2-6-11-17)25-15-16-8-3-1-4-9-16/h1-13,23H,14-15H2. The van der Waals surface area contributed by atoms with E-state index < -0.39 is 5.79 Å². The van der Waals surface area contributed by atoms with Crippen LogP contribution in [0.15, 0.2) is 78.9 Å². The number of phenolic OH excluding ortho intramolecular Hbond substituents is 1. The van der Waals surface area contributed by atoms with Crippen LogP contribution in [0.25, 0.3) is 0 Å². The molecule has 1 unspecified atom stereocenters. The van der Waals surface area contributed by atoms with Crippen molar-refractivity contribution in [2.24, 2.45) is 0 Å². The van der Waals surface area contributed by atoms with Gasteiger partial charge in [-0.25, -0.2) is 0 Å². The number of carbonyl (C=O) groups is 1. The van der Waals surface area contributed by atoms with E-state index in [0.29, 0.717) is 12.4 Å². The predicted octanol–water partition coefficient (Wildman–Crippen LogP) is 4.43. The number of phenols is 1. The minimum absolute atomic E-state index is 0.00554. The summed E-state index contributed by atoms with van der Waals surface area (Å²) in [4.78, 5) is 12.8. The highest BCUT2D eigenvalue weighted by Crippen LogP contribution is 2.43. The van der Waals surface area contributed by atoms with Crippen LogP contribution in [0.5, 0.6) is 11.5 Å². The number of aromatic hydroxyl groups is 1. The molecule has 0 amide bonds. The number of hydrogen-bond donors (Lipinski definition) is 1. The van der Waals surface area contributed by atoms with Crippen molar-refractivity contribution in [3.63, 3.8) is 0 Å². The Hall–Kier alpha value is -3.11. The summed E-state index contributed by atoms with van der Waals surface area (Å²) in [5.41, 5.74) is 1.96. The molecule has 0 saturated carbocycles. The van der Waals surface area contributed by atoms with Gasteiger partial charge in [-0.15, -0.1) is 0 Å². The maximum Gasteiger partial charge on any atom is 0.245 e. The van der Waals surface area contributed by atoms with E-state index in [1.807, 2.05) is 60.7 Å². The molecule has 0 aliphatic carbocycles. The molecule has 1 atom stereocenters. The SMILES string of the molecule is O=C1CC(OCc2ccccc2)(c2ccccc2)Oc2cccc(O)c21. The van der Waals surface area contributed by atoms with Crippen LogP contribution >= 0.6 is 0 Å². The molecule has 3 aromatic rings. The summed E-state index contributed by atoms with van der Waals surface area (Å²) in [6.07, 6.45) is -0.00554. The number of fused-ring (bicyclic) bond motifs is 1. The maximum atomic E-state index is 12.8. The minimum Gasteiger partial charge on any atom is -0.507 e. The van der Waals surface area contributed by atoms with Gasteiger partial charge in [-0.05, 0) is 17.7 Å². The van der Waals surface area contributed by atoms with Crippen molar-refractivity contribution in [2.45, 2.75) is 18.8 Å². The molecule has 26 heavy (non-hydrogen) atoms. The summed E-state index contributed by atoms with van der Waals surface area (Å²) in [5.74, 6) is -1.17. The third-order valence-electron chi connectivity index (χ3n) is 4.48. The second-order valence-electron chi connectivity index (χ2n) is 6.25. The van der Waals surface area contributed by atoms with Crippen molar-refractivity contribution in [1.29, 1.82) is 0 Å². The minimum atomic E-state index is -1.23. The molecule has 4 heteroatoms. The first-order valence-corrected chi connectivity index (χ1v) is 8.45. The molecular formula is C22H18O4. The van der Waals surface area contributed by atoms with Crippen LogP contribution in [0.1, 0.15) is 27.9 Å². The van der Waals surface area contributed by atoms with Crippen molar-refractivity contribution in [3.8, 4) is 11.5 Å². The zero-order valence-electron chi connectivity index (χ0n) is 14.1. The fourth-order valence-corrected chi connectivity index (χ4v) is 3.19. The molecule has 1 heterocycles. The Morgan fingerprint density at radius 1 is 0.923 bits per heavy atom. The molecule has 0 bridgehead atoms. The zero-order chi connectivity index (χ0) is 18.0. The molecule has 130 valence electrons. The zero-order valence-corrected chi connectivity index (χ0v) is 14.1. The highest BCUT2D eigenvalue weighted by atomic mass is 16.7. The third-order valence-corrected chi connectivity index (χ3v) is 4.48. The van der Waals surface area contributed by atoms with Crippen LogP contribution in [0.4, 0.5) is 0 Å². The van der Waals surface area contributed by atoms with Gasteiger partial charge in [0, 0.05) is 5.56 Å². The van der Waals surface area contributed by atoms with Gasteiger partial charge >= 0.3 is 0 Å². The summed E-state index contributed by atoms with van der Waals surface area (Å²) < 4.78 is 12.4. The van der Waals surface area contributed by atoms with Crippen molar-refractivity contribution in [3.05, 3.63) is 95.6 Å². The topological polar surface area (TPSA) is 55.8 Å². The van der Waals surface area contributed by atoms with Gasteiger partial charge in [0.2, 0.25) is 5.79 Å². The Labute approximate surface area is 151 Å². The molecule has 0 spiro atoms. The first-order valence-electron chi connectivity index (χ1n) is 8.45. The first-order chi connectivity index (χ1) is 12.7. The van der Waals surface area contributed by atoms with Crippen LogP contribution in [0, 0.1) is 0 Å². The van der Waals surface area contributed by atoms with Crippen LogP contribution in [-0.4, -0.2) is 10.9 Å². The van der Waals surface area contributed by atoms with Crippen molar-refractivity contribution in [2.75, 3.05) is 0 Å². The quantitative estimate of drug-likeness (QED) is 0.759. The second-order valence-corrected chi connectivity index (χ2v) is 6.25. The van der Waals surface area contributed by atoms with E-state index in [0.717, 1.165) is 11.1 Å². The Kier molecular flexibility index (Phi) is 4.19. The first kappa shape index (κ1) is 16.4. The van der Waals surface area contributed by atoms with Gasteiger partial charge in [0.15, 0.2) is 5.78 Å². The smallest absolute Gasteiger partial charge is 0.245 e. The number of rotatable bonds is 4. The number of ketones is 1. The molecule has 1 aliphatic rings. The Morgan fingerprint density at radius 2 is 1.62 bits per heavy atom. The number of benzene rings is 3. The van der Waals surface area contributed by atoms with E-state index >= 15 is 0 Å². The lowest BCUT2D eigenvalue weighted by Crippen LogP contribution is -2.42. The lowest BCUT2D eigenvalue weighted by Gasteiger charge is -2.38. The Bertz CT molecular complexity index is 921. The van der Waals surface area contributed by atoms with Crippen LogP contribution in [-0.2, 0) is 17.1 Å². The Balaban J connectivity index is 1.74. The highest BCUT2D eigenvalue weighted by molar-refractivity contribution is 6.02. The van der Waals surface area contributed by atoms with E-state index in [-0.39, 0.29) is 23.5 Å². The summed E-state index contributed by atoms with van der Waals surface area (Å²) >= 11 is 0. The fourth-order valence-electron chi connectivity index (χ4n) is 3.19. The van der Waals surface area contributed by atoms with E-state index in [4.69, 9.17) is 9.47 Å². The highest BCUT2D eigenvalue weighted by Gasteiger charge is 2.44. The normalized spacial score (nSPS) is 18.8. The fraction of sp³-hybridized carbons (Fsp3) is 0.136. The molecule has 4 nitrogen and oxygen atoms in total. The van der Waals surface area contributed by atoms with Crippen molar-refractivity contribution in [1.82, 2.24) is 0 Å². The average Bonchev–Trinajstić information content (AvgIpc) is 2.68. The van der Waals surface area contributed by atoms with Crippen molar-refractivity contribution < 1.29 is 19.4 Å². The van der Waals surface area contributed by atoms with Crippen molar-refractivity contribution >= 4 is 5.78 Å². The van der Waals surface area contributed by atoms with E-state index in [1.165, 1.54) is 6.07 Å². The summed E-state index contributed by atoms with van der Waals surface area (Å²) in [6.45, 7) is 0.303. The molecule has 3 aromatic carbocycles. The second kappa shape index (κ2) is 6.65. The number of hydrogen-bond acceptors (Lipinski definition) is 4. The lowest BCUT2D eigenvalue weighted by molar-refractivity contribution is -0.201. The molecule has 4 rings (SSSR count). The maximum absolute atomic E-state index is 12.8. The van der Waals surface area contributed by atoms with Gasteiger partial charge in [-0.3, -0.25) is 4.79 Å².